The third kappa shape index (κ3) is 5.42. The highest BCUT2D eigenvalue weighted by Gasteiger charge is 2.35. The highest BCUT2D eigenvalue weighted by Crippen LogP contribution is 2.24. The zero-order valence-corrected chi connectivity index (χ0v) is 20.4. The first-order valence-corrected chi connectivity index (χ1v) is 13.1. The lowest BCUT2D eigenvalue weighted by Crippen LogP contribution is -2.47. The molecule has 0 aromatic heterocycles. The van der Waals surface area contributed by atoms with Crippen LogP contribution in [0.5, 0.6) is 0 Å². The summed E-state index contributed by atoms with van der Waals surface area (Å²) in [4.78, 5) is 27.7. The second-order valence-corrected chi connectivity index (χ2v) is 10.7. The van der Waals surface area contributed by atoms with Crippen LogP contribution in [0.25, 0.3) is 0 Å². The smallest absolute Gasteiger partial charge is 0.261 e. The molecule has 2 heterocycles. The molecule has 2 aromatic carbocycles. The molecule has 0 spiro atoms. The Balaban J connectivity index is 1.45. The fourth-order valence-corrected chi connectivity index (χ4v) is 5.53. The highest BCUT2D eigenvalue weighted by atomic mass is 32.2. The van der Waals surface area contributed by atoms with Gasteiger partial charge in [-0.25, -0.2) is 8.42 Å². The fraction of sp³-hybridized carbons (Fsp3) is 0.440. The Morgan fingerprint density at radius 2 is 1.88 bits per heavy atom. The molecule has 182 valence electrons. The van der Waals surface area contributed by atoms with E-state index < -0.39 is 16.1 Å². The van der Waals surface area contributed by atoms with Crippen LogP contribution < -0.4 is 10.0 Å². The number of aryl methyl sites for hydroxylation is 2. The van der Waals surface area contributed by atoms with Crippen LogP contribution in [0.1, 0.15) is 47.2 Å². The van der Waals surface area contributed by atoms with E-state index >= 15 is 0 Å². The van der Waals surface area contributed by atoms with Crippen molar-refractivity contribution < 1.29 is 22.7 Å². The van der Waals surface area contributed by atoms with Crippen LogP contribution in [-0.4, -0.2) is 57.0 Å². The highest BCUT2D eigenvalue weighted by molar-refractivity contribution is 7.92. The topological polar surface area (TPSA) is 105 Å². The predicted molar refractivity (Wildman–Crippen MR) is 129 cm³/mol. The molecule has 9 heteroatoms. The Morgan fingerprint density at radius 3 is 2.62 bits per heavy atom. The Bertz CT molecular complexity index is 1170. The Labute approximate surface area is 200 Å². The summed E-state index contributed by atoms with van der Waals surface area (Å²) in [6, 6.07) is 10.8. The van der Waals surface area contributed by atoms with E-state index in [0.717, 1.165) is 37.0 Å². The first kappa shape index (κ1) is 24.2. The number of ether oxygens (including phenoxy) is 1. The van der Waals surface area contributed by atoms with Crippen molar-refractivity contribution in [3.05, 3.63) is 59.2 Å². The summed E-state index contributed by atoms with van der Waals surface area (Å²) >= 11 is 0. The summed E-state index contributed by atoms with van der Waals surface area (Å²) in [6.45, 7) is 5.43. The van der Waals surface area contributed by atoms with Crippen LogP contribution in [0.2, 0.25) is 0 Å². The molecule has 2 aromatic rings. The van der Waals surface area contributed by atoms with Gasteiger partial charge in [-0.2, -0.15) is 0 Å². The van der Waals surface area contributed by atoms with Gasteiger partial charge in [0.15, 0.2) is 0 Å². The number of amides is 2. The molecule has 0 saturated carbocycles. The Kier molecular flexibility index (Phi) is 7.23. The molecular weight excluding hydrogens is 454 g/mol. The molecule has 2 aliphatic heterocycles. The van der Waals surface area contributed by atoms with Gasteiger partial charge in [0, 0.05) is 30.9 Å². The van der Waals surface area contributed by atoms with E-state index in [1.54, 1.807) is 41.3 Å². The van der Waals surface area contributed by atoms with E-state index in [-0.39, 0.29) is 22.8 Å². The molecule has 2 saturated heterocycles. The maximum Gasteiger partial charge on any atom is 0.261 e. The van der Waals surface area contributed by atoms with Crippen LogP contribution in [0.15, 0.2) is 47.4 Å². The van der Waals surface area contributed by atoms with Crippen LogP contribution in [0, 0.1) is 13.8 Å². The lowest BCUT2D eigenvalue weighted by atomic mass is 10.1. The maximum atomic E-state index is 13.2. The number of likely N-dealkylation sites (tertiary alicyclic amines) is 1. The quantitative estimate of drug-likeness (QED) is 0.627. The lowest BCUT2D eigenvalue weighted by Gasteiger charge is -2.25. The largest absolute Gasteiger partial charge is 0.376 e. The van der Waals surface area contributed by atoms with Crippen molar-refractivity contribution in [2.24, 2.45) is 0 Å². The van der Waals surface area contributed by atoms with Gasteiger partial charge in [0.05, 0.1) is 11.0 Å². The summed E-state index contributed by atoms with van der Waals surface area (Å²) in [6.07, 6.45) is 3.30. The summed E-state index contributed by atoms with van der Waals surface area (Å²) < 4.78 is 33.8. The molecule has 8 nitrogen and oxygen atoms in total. The standard InChI is InChI=1S/C25H31N3O5S/c1-17-10-11-22(14-18(17)2)34(31,32)27-20-7-3-6-19(15-20)25(30)28-12-4-9-23(28)24(29)26-16-21-8-5-13-33-21/h3,6-7,10-11,14-15,21,23,27H,4-5,8-9,12-13,16H2,1-2H3,(H,26,29). The SMILES string of the molecule is Cc1ccc(S(=O)(=O)Nc2cccc(C(=O)N3CCCC3C(=O)NCC3CCCO3)c2)cc1C. The van der Waals surface area contributed by atoms with Crippen molar-refractivity contribution in [1.29, 1.82) is 0 Å². The van der Waals surface area contributed by atoms with Gasteiger partial charge in [0.25, 0.3) is 15.9 Å². The fourth-order valence-electron chi connectivity index (χ4n) is 4.40. The van der Waals surface area contributed by atoms with Gasteiger partial charge in [-0.05, 0) is 81.0 Å². The van der Waals surface area contributed by atoms with Crippen molar-refractivity contribution in [2.75, 3.05) is 24.4 Å². The molecule has 2 aliphatic rings. The number of rotatable bonds is 7. The van der Waals surface area contributed by atoms with Crippen molar-refractivity contribution >= 4 is 27.5 Å². The first-order chi connectivity index (χ1) is 16.2. The molecule has 4 rings (SSSR count). The number of benzene rings is 2. The maximum absolute atomic E-state index is 13.2. The second-order valence-electron chi connectivity index (χ2n) is 8.97. The third-order valence-electron chi connectivity index (χ3n) is 6.49. The second kappa shape index (κ2) is 10.1. The summed E-state index contributed by atoms with van der Waals surface area (Å²) in [7, 11) is -3.80. The zero-order chi connectivity index (χ0) is 24.3. The normalized spacial score (nSPS) is 20.4. The van der Waals surface area contributed by atoms with Gasteiger partial charge in [-0.3, -0.25) is 14.3 Å². The molecule has 34 heavy (non-hydrogen) atoms. The Morgan fingerprint density at radius 1 is 1.06 bits per heavy atom. The molecule has 2 unspecified atom stereocenters. The van der Waals surface area contributed by atoms with E-state index in [2.05, 4.69) is 10.0 Å². The van der Waals surface area contributed by atoms with Gasteiger partial charge in [0.2, 0.25) is 5.91 Å². The minimum absolute atomic E-state index is 0.0385. The lowest BCUT2D eigenvalue weighted by molar-refractivity contribution is -0.125. The van der Waals surface area contributed by atoms with Crippen LogP contribution in [-0.2, 0) is 19.6 Å². The van der Waals surface area contributed by atoms with Crippen molar-refractivity contribution in [2.45, 2.75) is 56.6 Å². The molecule has 2 atom stereocenters. The van der Waals surface area contributed by atoms with E-state index in [9.17, 15) is 18.0 Å². The number of hydrogen-bond acceptors (Lipinski definition) is 5. The van der Waals surface area contributed by atoms with Crippen molar-refractivity contribution in [1.82, 2.24) is 10.2 Å². The average Bonchev–Trinajstić information content (AvgIpc) is 3.51. The first-order valence-electron chi connectivity index (χ1n) is 11.6. The van der Waals surface area contributed by atoms with E-state index in [0.29, 0.717) is 30.8 Å². The van der Waals surface area contributed by atoms with Gasteiger partial charge in [-0.1, -0.05) is 12.1 Å². The Hall–Kier alpha value is -2.91. The third-order valence-corrected chi connectivity index (χ3v) is 7.87. The van der Waals surface area contributed by atoms with Crippen LogP contribution in [0.3, 0.4) is 0 Å². The van der Waals surface area contributed by atoms with Crippen molar-refractivity contribution in [3.63, 3.8) is 0 Å². The number of anilines is 1. The molecular formula is C25H31N3O5S. The monoisotopic (exact) mass is 485 g/mol. The minimum Gasteiger partial charge on any atom is -0.376 e. The van der Waals surface area contributed by atoms with E-state index in [4.69, 9.17) is 4.74 Å². The van der Waals surface area contributed by atoms with Gasteiger partial charge >= 0.3 is 0 Å². The molecule has 0 aliphatic carbocycles. The predicted octanol–water partition coefficient (Wildman–Crippen LogP) is 3.00. The number of nitrogens with zero attached hydrogens (tertiary/aromatic N) is 1. The van der Waals surface area contributed by atoms with Gasteiger partial charge in [0.1, 0.15) is 6.04 Å². The van der Waals surface area contributed by atoms with Crippen LogP contribution in [0.4, 0.5) is 5.69 Å². The van der Waals surface area contributed by atoms with E-state index in [1.807, 2.05) is 13.8 Å². The molecule has 0 radical (unpaired) electrons. The van der Waals surface area contributed by atoms with E-state index in [1.165, 1.54) is 6.07 Å². The van der Waals surface area contributed by atoms with Gasteiger partial charge in [-0.15, -0.1) is 0 Å². The molecule has 0 bridgehead atoms. The molecule has 2 amide bonds. The minimum atomic E-state index is -3.80. The number of nitrogens with one attached hydrogen (secondary N) is 2. The number of hydrogen-bond donors (Lipinski definition) is 2. The zero-order valence-electron chi connectivity index (χ0n) is 19.5. The number of carbonyl (C=O) groups is 2. The van der Waals surface area contributed by atoms with Crippen molar-refractivity contribution in [3.8, 4) is 0 Å². The number of carbonyl (C=O) groups excluding carboxylic acids is 2. The molecule has 2 fully saturated rings. The van der Waals surface area contributed by atoms with Crippen LogP contribution >= 0.6 is 0 Å². The van der Waals surface area contributed by atoms with Gasteiger partial charge < -0.3 is 15.0 Å². The summed E-state index contributed by atoms with van der Waals surface area (Å²) in [5.41, 5.74) is 2.51. The molecule has 2 N–H and O–H groups in total. The number of sulfonamides is 1. The average molecular weight is 486 g/mol. The summed E-state index contributed by atoms with van der Waals surface area (Å²) in [5.74, 6) is -0.463. The summed E-state index contributed by atoms with van der Waals surface area (Å²) in [5, 5.41) is 2.92.